The van der Waals surface area contributed by atoms with E-state index in [0.717, 1.165) is 17.7 Å². The summed E-state index contributed by atoms with van der Waals surface area (Å²) in [5, 5.41) is 0. The van der Waals surface area contributed by atoms with E-state index in [1.165, 1.54) is 0 Å². The molecule has 2 heterocycles. The van der Waals surface area contributed by atoms with Gasteiger partial charge in [0.1, 0.15) is 11.5 Å². The summed E-state index contributed by atoms with van der Waals surface area (Å²) >= 11 is 0. The molecule has 0 fully saturated rings. The van der Waals surface area contributed by atoms with Crippen LogP contribution in [0.15, 0.2) is 70.0 Å². The molecule has 0 saturated carbocycles. The molecule has 1 amide bonds. The largest absolute Gasteiger partial charge is 0.455 e. The van der Waals surface area contributed by atoms with Gasteiger partial charge in [-0.1, -0.05) is 36.4 Å². The highest BCUT2D eigenvalue weighted by molar-refractivity contribution is 7.90. The van der Waals surface area contributed by atoms with Gasteiger partial charge >= 0.3 is 0 Å². The van der Waals surface area contributed by atoms with Crippen molar-refractivity contribution in [1.29, 1.82) is 0 Å². The maximum atomic E-state index is 12.8. The number of sulfone groups is 1. The first-order valence-corrected chi connectivity index (χ1v) is 10.4. The number of para-hydroxylation sites is 1. The Hall–Kier alpha value is -2.86. The molecule has 5 nitrogen and oxygen atoms in total. The minimum Gasteiger partial charge on any atom is -0.455 e. The van der Waals surface area contributed by atoms with E-state index in [0.29, 0.717) is 12.1 Å². The second kappa shape index (κ2) is 6.70. The number of carbonyl (C=O) groups excluding carboxylic acids is 1. The summed E-state index contributed by atoms with van der Waals surface area (Å²) in [4.78, 5) is 14.8. The van der Waals surface area contributed by atoms with Crippen molar-refractivity contribution in [3.63, 3.8) is 0 Å². The fourth-order valence-electron chi connectivity index (χ4n) is 3.42. The van der Waals surface area contributed by atoms with Gasteiger partial charge in [-0.25, -0.2) is 8.42 Å². The monoisotopic (exact) mass is 381 g/mol. The molecule has 1 aliphatic rings. The third-order valence-corrected chi connectivity index (χ3v) is 6.56. The Balaban J connectivity index is 1.56. The highest BCUT2D eigenvalue weighted by Crippen LogP contribution is 2.29. The number of nitrogens with zero attached hydrogens (tertiary/aromatic N) is 1. The Kier molecular flexibility index (Phi) is 4.36. The third kappa shape index (κ3) is 3.28. The van der Waals surface area contributed by atoms with E-state index in [1.54, 1.807) is 48.2 Å². The lowest BCUT2D eigenvalue weighted by Crippen LogP contribution is -2.28. The summed E-state index contributed by atoms with van der Waals surface area (Å²) in [6.07, 6.45) is 0.803. The molecular weight excluding hydrogens is 362 g/mol. The number of fused-ring (bicyclic) bond motifs is 1. The first-order chi connectivity index (χ1) is 13.0. The molecule has 0 aliphatic carbocycles. The molecule has 3 aromatic rings. The Morgan fingerprint density at radius 1 is 1.04 bits per heavy atom. The number of amides is 1. The first-order valence-electron chi connectivity index (χ1n) is 8.72. The van der Waals surface area contributed by atoms with Crippen molar-refractivity contribution in [2.45, 2.75) is 24.0 Å². The summed E-state index contributed by atoms with van der Waals surface area (Å²) in [6.45, 7) is 2.35. The standard InChI is InChI=1S/C21H19NO4S/c1-15-6-2-5-9-20(15)27(24,25)14-17-10-11-19(26-17)21(23)22-13-12-16-7-3-4-8-18(16)22/h2-11H,12-14H2,1H3. The van der Waals surface area contributed by atoms with Crippen molar-refractivity contribution in [2.24, 2.45) is 0 Å². The Morgan fingerprint density at radius 2 is 1.78 bits per heavy atom. The van der Waals surface area contributed by atoms with Gasteiger partial charge in [-0.2, -0.15) is 0 Å². The van der Waals surface area contributed by atoms with Crippen molar-refractivity contribution in [3.8, 4) is 0 Å². The van der Waals surface area contributed by atoms with Crippen LogP contribution < -0.4 is 4.90 Å². The smallest absolute Gasteiger partial charge is 0.293 e. The molecule has 0 bridgehead atoms. The van der Waals surface area contributed by atoms with Crippen LogP contribution in [0.1, 0.15) is 27.4 Å². The Labute approximate surface area is 158 Å². The summed E-state index contributed by atoms with van der Waals surface area (Å²) in [5.74, 6) is -0.114. The van der Waals surface area contributed by atoms with Crippen molar-refractivity contribution >= 4 is 21.4 Å². The van der Waals surface area contributed by atoms with Gasteiger partial charge in [0, 0.05) is 12.2 Å². The number of hydrogen-bond acceptors (Lipinski definition) is 4. The molecule has 4 rings (SSSR count). The predicted molar refractivity (Wildman–Crippen MR) is 103 cm³/mol. The molecule has 0 spiro atoms. The fourth-order valence-corrected chi connectivity index (χ4v) is 4.95. The van der Waals surface area contributed by atoms with E-state index in [1.807, 2.05) is 24.3 Å². The molecule has 0 atom stereocenters. The van der Waals surface area contributed by atoms with Gasteiger partial charge in [0.2, 0.25) is 0 Å². The molecule has 0 saturated heterocycles. The van der Waals surface area contributed by atoms with Crippen LogP contribution in [0.4, 0.5) is 5.69 Å². The van der Waals surface area contributed by atoms with Crippen LogP contribution in [0.5, 0.6) is 0 Å². The molecule has 0 radical (unpaired) electrons. The lowest BCUT2D eigenvalue weighted by molar-refractivity contribution is 0.0961. The van der Waals surface area contributed by atoms with E-state index in [4.69, 9.17) is 4.42 Å². The van der Waals surface area contributed by atoms with Crippen molar-refractivity contribution < 1.29 is 17.6 Å². The van der Waals surface area contributed by atoms with Crippen LogP contribution in [0, 0.1) is 6.92 Å². The van der Waals surface area contributed by atoms with Crippen molar-refractivity contribution in [1.82, 2.24) is 0 Å². The molecule has 1 aromatic heterocycles. The highest BCUT2D eigenvalue weighted by Gasteiger charge is 2.28. The van der Waals surface area contributed by atoms with Gasteiger partial charge in [-0.05, 0) is 48.7 Å². The predicted octanol–water partition coefficient (Wildman–Crippen LogP) is 3.76. The van der Waals surface area contributed by atoms with Crippen LogP contribution >= 0.6 is 0 Å². The summed E-state index contributed by atoms with van der Waals surface area (Å²) < 4.78 is 30.9. The molecular formula is C21H19NO4S. The van der Waals surface area contributed by atoms with Gasteiger partial charge in [0.05, 0.1) is 4.90 Å². The number of benzene rings is 2. The normalized spacial score (nSPS) is 13.6. The molecule has 27 heavy (non-hydrogen) atoms. The Morgan fingerprint density at radius 3 is 2.59 bits per heavy atom. The highest BCUT2D eigenvalue weighted by atomic mass is 32.2. The van der Waals surface area contributed by atoms with Crippen LogP contribution in [0.2, 0.25) is 0 Å². The number of aryl methyl sites for hydroxylation is 1. The second-order valence-corrected chi connectivity index (χ2v) is 8.58. The molecule has 0 N–H and O–H groups in total. The lowest BCUT2D eigenvalue weighted by atomic mass is 10.2. The number of carbonyl (C=O) groups is 1. The topological polar surface area (TPSA) is 67.6 Å². The number of hydrogen-bond donors (Lipinski definition) is 0. The van der Waals surface area contributed by atoms with Crippen LogP contribution in [0.3, 0.4) is 0 Å². The first kappa shape index (κ1) is 17.5. The van der Waals surface area contributed by atoms with E-state index in [2.05, 4.69) is 0 Å². The van der Waals surface area contributed by atoms with Gasteiger partial charge in [0.25, 0.3) is 5.91 Å². The minimum atomic E-state index is -3.54. The summed E-state index contributed by atoms with van der Waals surface area (Å²) in [5.41, 5.74) is 2.70. The van der Waals surface area contributed by atoms with E-state index in [9.17, 15) is 13.2 Å². The van der Waals surface area contributed by atoms with E-state index < -0.39 is 9.84 Å². The molecule has 6 heteroatoms. The Bertz CT molecular complexity index is 1110. The number of rotatable bonds is 4. The van der Waals surface area contributed by atoms with Crippen LogP contribution in [-0.2, 0) is 22.0 Å². The third-order valence-electron chi connectivity index (χ3n) is 4.77. The molecule has 2 aromatic carbocycles. The van der Waals surface area contributed by atoms with Crippen molar-refractivity contribution in [2.75, 3.05) is 11.4 Å². The maximum Gasteiger partial charge on any atom is 0.293 e. The van der Waals surface area contributed by atoms with Crippen LogP contribution in [0.25, 0.3) is 0 Å². The fraction of sp³-hybridized carbons (Fsp3) is 0.190. The molecule has 138 valence electrons. The average molecular weight is 381 g/mol. The quantitative estimate of drug-likeness (QED) is 0.690. The zero-order valence-electron chi connectivity index (χ0n) is 14.9. The molecule has 1 aliphatic heterocycles. The molecule has 0 unspecified atom stereocenters. The SMILES string of the molecule is Cc1ccccc1S(=O)(=O)Cc1ccc(C(=O)N2CCc3ccccc32)o1. The van der Waals surface area contributed by atoms with E-state index >= 15 is 0 Å². The summed E-state index contributed by atoms with van der Waals surface area (Å²) in [7, 11) is -3.54. The second-order valence-electron chi connectivity index (χ2n) is 6.63. The van der Waals surface area contributed by atoms with E-state index in [-0.39, 0.29) is 28.1 Å². The van der Waals surface area contributed by atoms with Gasteiger partial charge < -0.3 is 9.32 Å². The maximum absolute atomic E-state index is 12.8. The van der Waals surface area contributed by atoms with Crippen LogP contribution in [-0.4, -0.2) is 20.9 Å². The van der Waals surface area contributed by atoms with Gasteiger partial charge in [0.15, 0.2) is 15.6 Å². The zero-order valence-corrected chi connectivity index (χ0v) is 15.7. The lowest BCUT2D eigenvalue weighted by Gasteiger charge is -2.15. The van der Waals surface area contributed by atoms with Gasteiger partial charge in [-0.15, -0.1) is 0 Å². The summed E-state index contributed by atoms with van der Waals surface area (Å²) in [6, 6.07) is 17.7. The average Bonchev–Trinajstić information content (AvgIpc) is 3.28. The number of anilines is 1. The van der Waals surface area contributed by atoms with Gasteiger partial charge in [-0.3, -0.25) is 4.79 Å². The van der Waals surface area contributed by atoms with Crippen molar-refractivity contribution in [3.05, 3.63) is 83.3 Å². The zero-order chi connectivity index (χ0) is 19.0. The minimum absolute atomic E-state index is 0.154. The number of furan rings is 1.